The molecule has 3 aliphatic rings. The van der Waals surface area contributed by atoms with E-state index in [1.807, 2.05) is 4.31 Å². The van der Waals surface area contributed by atoms with E-state index in [-0.39, 0.29) is 0 Å². The van der Waals surface area contributed by atoms with Crippen LogP contribution >= 0.6 is 0 Å². The van der Waals surface area contributed by atoms with Crippen molar-refractivity contribution in [1.29, 1.82) is 0 Å². The lowest BCUT2D eigenvalue weighted by atomic mass is 9.81. The van der Waals surface area contributed by atoms with Crippen LogP contribution in [0.1, 0.15) is 37.7 Å². The van der Waals surface area contributed by atoms with E-state index in [4.69, 9.17) is 10.5 Å². The number of hydrogen-bond acceptors (Lipinski definition) is 5. The molecule has 1 aliphatic carbocycles. The van der Waals surface area contributed by atoms with Crippen molar-refractivity contribution in [1.82, 2.24) is 9.21 Å². The molecule has 0 bridgehead atoms. The van der Waals surface area contributed by atoms with Gasteiger partial charge in [0.2, 0.25) is 5.91 Å². The predicted molar refractivity (Wildman–Crippen MR) is 129 cm³/mol. The van der Waals surface area contributed by atoms with Gasteiger partial charge >= 0.3 is 0 Å². The summed E-state index contributed by atoms with van der Waals surface area (Å²) in [4.78, 5) is 17.1. The molecule has 3 fully saturated rings. The van der Waals surface area contributed by atoms with Crippen molar-refractivity contribution >= 4 is 22.6 Å². The molecule has 2 N–H and O–H groups in total. The van der Waals surface area contributed by atoms with E-state index in [9.17, 15) is 9.00 Å². The third kappa shape index (κ3) is 5.19. The number of rotatable bonds is 9. The maximum atomic E-state index is 13.5. The van der Waals surface area contributed by atoms with Gasteiger partial charge in [-0.3, -0.25) is 4.79 Å². The van der Waals surface area contributed by atoms with Crippen LogP contribution in [0.5, 0.6) is 0 Å². The fourth-order valence-electron chi connectivity index (χ4n) is 5.10. The Balaban J connectivity index is 1.31. The van der Waals surface area contributed by atoms with Crippen molar-refractivity contribution in [2.24, 2.45) is 11.7 Å². The van der Waals surface area contributed by atoms with Crippen LogP contribution in [0.2, 0.25) is 0 Å². The van der Waals surface area contributed by atoms with Gasteiger partial charge in [0.25, 0.3) is 0 Å². The number of piperidine rings is 1. The molecule has 1 unspecified atom stereocenters. The maximum absolute atomic E-state index is 13.5. The van der Waals surface area contributed by atoms with Gasteiger partial charge < -0.3 is 20.3 Å². The number of hydrogen-bond donors (Lipinski definition) is 1. The highest BCUT2D eigenvalue weighted by Crippen LogP contribution is 2.32. The highest BCUT2D eigenvalue weighted by molar-refractivity contribution is 7.85. The molecule has 0 spiro atoms. The molecular formula is C24H38N4O3S. The molecule has 1 aromatic rings. The minimum absolute atomic E-state index is 0.424. The summed E-state index contributed by atoms with van der Waals surface area (Å²) < 4.78 is 19.7. The van der Waals surface area contributed by atoms with E-state index in [1.165, 1.54) is 36.9 Å². The minimum Gasteiger partial charge on any atom is -0.383 e. The van der Waals surface area contributed by atoms with E-state index >= 15 is 0 Å². The molecule has 0 aromatic heterocycles. The molecule has 32 heavy (non-hydrogen) atoms. The number of carbonyl (C=O) groups is 1. The van der Waals surface area contributed by atoms with Gasteiger partial charge in [-0.1, -0.05) is 31.4 Å². The number of nitrogens with two attached hydrogens (primary N) is 1. The number of nitrogens with zero attached hydrogens (tertiary/aromatic N) is 3. The highest BCUT2D eigenvalue weighted by atomic mass is 32.2. The smallest absolute Gasteiger partial charge is 0.237 e. The summed E-state index contributed by atoms with van der Waals surface area (Å²) in [6.07, 6.45) is 6.42. The molecule has 1 aromatic carbocycles. The summed E-state index contributed by atoms with van der Waals surface area (Å²) in [5.41, 5.74) is 8.48. The molecule has 1 amide bonds. The van der Waals surface area contributed by atoms with E-state index in [1.54, 1.807) is 7.11 Å². The molecule has 2 saturated heterocycles. The van der Waals surface area contributed by atoms with Crippen LogP contribution in [0, 0.1) is 5.92 Å². The van der Waals surface area contributed by atoms with Crippen LogP contribution in [-0.4, -0.2) is 83.6 Å². The predicted octanol–water partition coefficient (Wildman–Crippen LogP) is 1.78. The van der Waals surface area contributed by atoms with E-state index in [2.05, 4.69) is 34.1 Å². The zero-order valence-corrected chi connectivity index (χ0v) is 20.2. The Bertz CT molecular complexity index is 783. The Morgan fingerprint density at radius 2 is 1.75 bits per heavy atom. The zero-order valence-electron chi connectivity index (χ0n) is 19.3. The maximum Gasteiger partial charge on any atom is 0.237 e. The first kappa shape index (κ1) is 23.7. The van der Waals surface area contributed by atoms with Gasteiger partial charge in [0, 0.05) is 58.6 Å². The third-order valence-electron chi connectivity index (χ3n) is 7.58. The standard InChI is InChI=1S/C24H38N4O3S/c1-31-18-17-26-11-9-24(10-12-26,23(25)29)32(30)28-15-13-27(14-16-28)22-7-5-21(6-8-22)19-20-3-2-4-20/h5-8,20H,2-4,9-19H2,1H3,(H2,25,29). The summed E-state index contributed by atoms with van der Waals surface area (Å²) in [7, 11) is 0.286. The van der Waals surface area contributed by atoms with Crippen LogP contribution in [0.15, 0.2) is 24.3 Å². The molecule has 1 saturated carbocycles. The Labute approximate surface area is 194 Å². The molecule has 8 heteroatoms. The first-order valence-corrected chi connectivity index (χ1v) is 13.1. The molecule has 0 radical (unpaired) electrons. The van der Waals surface area contributed by atoms with Crippen molar-refractivity contribution in [2.45, 2.75) is 43.3 Å². The molecule has 4 rings (SSSR count). The van der Waals surface area contributed by atoms with Crippen LogP contribution in [0.25, 0.3) is 0 Å². The first-order chi connectivity index (χ1) is 15.5. The second kappa shape index (κ2) is 10.6. The van der Waals surface area contributed by atoms with E-state index in [0.29, 0.717) is 32.5 Å². The monoisotopic (exact) mass is 462 g/mol. The quantitative estimate of drug-likeness (QED) is 0.605. The fourth-order valence-corrected chi connectivity index (χ4v) is 6.79. The van der Waals surface area contributed by atoms with Gasteiger partial charge in [-0.05, 0) is 42.9 Å². The minimum atomic E-state index is -1.40. The number of methoxy groups -OCH3 is 1. The summed E-state index contributed by atoms with van der Waals surface area (Å²) in [6.45, 7) is 5.92. The van der Waals surface area contributed by atoms with Crippen molar-refractivity contribution in [3.8, 4) is 0 Å². The molecule has 7 nitrogen and oxygen atoms in total. The second-order valence-corrected chi connectivity index (χ2v) is 11.3. The van der Waals surface area contributed by atoms with Crippen molar-refractivity contribution in [2.75, 3.05) is 64.4 Å². The van der Waals surface area contributed by atoms with Gasteiger partial charge in [0.15, 0.2) is 0 Å². The number of likely N-dealkylation sites (tertiary alicyclic amines) is 1. The summed E-state index contributed by atoms with van der Waals surface area (Å²) in [6, 6.07) is 8.97. The topological polar surface area (TPSA) is 79.1 Å². The van der Waals surface area contributed by atoms with Crippen LogP contribution in [-0.2, 0) is 26.9 Å². The Hall–Kier alpha value is -1.48. The summed E-state index contributed by atoms with van der Waals surface area (Å²) >= 11 is 0. The number of ether oxygens (including phenoxy) is 1. The largest absolute Gasteiger partial charge is 0.383 e. The number of anilines is 1. The van der Waals surface area contributed by atoms with Crippen LogP contribution in [0.4, 0.5) is 5.69 Å². The average molecular weight is 463 g/mol. The molecule has 2 aliphatic heterocycles. The average Bonchev–Trinajstić information content (AvgIpc) is 2.80. The summed E-state index contributed by atoms with van der Waals surface area (Å²) in [5.74, 6) is 0.454. The molecule has 2 heterocycles. The Kier molecular flexibility index (Phi) is 7.87. The van der Waals surface area contributed by atoms with Gasteiger partial charge in [-0.2, -0.15) is 0 Å². The first-order valence-electron chi connectivity index (χ1n) is 12.0. The van der Waals surface area contributed by atoms with Crippen LogP contribution in [0.3, 0.4) is 0 Å². The van der Waals surface area contributed by atoms with E-state index < -0.39 is 21.6 Å². The second-order valence-electron chi connectivity index (χ2n) is 9.53. The Morgan fingerprint density at radius 1 is 1.09 bits per heavy atom. The van der Waals surface area contributed by atoms with E-state index in [0.717, 1.165) is 38.6 Å². The van der Waals surface area contributed by atoms with Gasteiger partial charge in [-0.15, -0.1) is 0 Å². The molecular weight excluding hydrogens is 424 g/mol. The van der Waals surface area contributed by atoms with Crippen molar-refractivity contribution < 1.29 is 13.7 Å². The number of piperazine rings is 1. The van der Waals surface area contributed by atoms with Gasteiger partial charge in [0.1, 0.15) is 15.7 Å². The van der Waals surface area contributed by atoms with Crippen LogP contribution < -0.4 is 10.6 Å². The van der Waals surface area contributed by atoms with Crippen molar-refractivity contribution in [3.63, 3.8) is 0 Å². The summed E-state index contributed by atoms with van der Waals surface area (Å²) in [5, 5.41) is 0. The fraction of sp³-hybridized carbons (Fsp3) is 0.708. The lowest BCUT2D eigenvalue weighted by Crippen LogP contribution is -2.60. The highest BCUT2D eigenvalue weighted by Gasteiger charge is 2.48. The molecule has 178 valence electrons. The number of carbonyl (C=O) groups excluding carboxylic acids is 1. The normalized spacial score (nSPS) is 23.6. The number of primary amides is 1. The van der Waals surface area contributed by atoms with Gasteiger partial charge in [-0.25, -0.2) is 8.51 Å². The number of benzene rings is 1. The third-order valence-corrected chi connectivity index (χ3v) is 9.69. The molecule has 1 atom stereocenters. The zero-order chi connectivity index (χ0) is 22.6. The lowest BCUT2D eigenvalue weighted by molar-refractivity contribution is -0.121. The van der Waals surface area contributed by atoms with Gasteiger partial charge in [0.05, 0.1) is 6.61 Å². The SMILES string of the molecule is COCCN1CCC(C(N)=O)(S(=O)N2CCN(c3ccc(CC4CCC4)cc3)CC2)CC1. The lowest BCUT2D eigenvalue weighted by Gasteiger charge is -2.43. The Morgan fingerprint density at radius 3 is 2.28 bits per heavy atom. The van der Waals surface area contributed by atoms with Crippen molar-refractivity contribution in [3.05, 3.63) is 29.8 Å². The number of amides is 1.